The lowest BCUT2D eigenvalue weighted by Crippen LogP contribution is -2.11. The fourth-order valence-corrected chi connectivity index (χ4v) is 2.62. The Morgan fingerprint density at radius 3 is 1.68 bits per heavy atom. The first-order valence-corrected chi connectivity index (χ1v) is 8.33. The molecule has 0 fully saturated rings. The van der Waals surface area contributed by atoms with Gasteiger partial charge < -0.3 is 10.4 Å². The van der Waals surface area contributed by atoms with E-state index in [0.29, 0.717) is 5.56 Å². The van der Waals surface area contributed by atoms with Crippen LogP contribution in [0.3, 0.4) is 0 Å². The van der Waals surface area contributed by atoms with Crippen LogP contribution in [0.25, 0.3) is 11.1 Å². The van der Waals surface area contributed by atoms with E-state index in [0.717, 1.165) is 21.3 Å². The Labute approximate surface area is 153 Å². The number of aromatic carboxylic acids is 1. The van der Waals surface area contributed by atoms with Gasteiger partial charge in [0.2, 0.25) is 0 Å². The number of nitrogens with one attached hydrogen (secondary N) is 1. The van der Waals surface area contributed by atoms with Crippen molar-refractivity contribution < 1.29 is 14.7 Å². The SMILES string of the molecule is O=C(O)c1ccc(-c2ccc(C(=O)Nc3ccc(Br)cc3)cc2)cc1. The van der Waals surface area contributed by atoms with E-state index in [9.17, 15) is 9.59 Å². The van der Waals surface area contributed by atoms with Gasteiger partial charge in [0, 0.05) is 15.7 Å². The highest BCUT2D eigenvalue weighted by atomic mass is 79.9. The summed E-state index contributed by atoms with van der Waals surface area (Å²) in [5.74, 6) is -1.14. The van der Waals surface area contributed by atoms with Gasteiger partial charge in [-0.05, 0) is 59.7 Å². The predicted molar refractivity (Wildman–Crippen MR) is 101 cm³/mol. The number of benzene rings is 3. The summed E-state index contributed by atoms with van der Waals surface area (Å²) in [6.45, 7) is 0. The van der Waals surface area contributed by atoms with Crippen LogP contribution in [0.15, 0.2) is 77.3 Å². The highest BCUT2D eigenvalue weighted by molar-refractivity contribution is 9.10. The summed E-state index contributed by atoms with van der Waals surface area (Å²) in [5.41, 5.74) is 3.33. The molecule has 0 spiro atoms. The van der Waals surface area contributed by atoms with Gasteiger partial charge in [-0.1, -0.05) is 40.2 Å². The first-order valence-electron chi connectivity index (χ1n) is 7.53. The molecule has 0 aliphatic rings. The Morgan fingerprint density at radius 2 is 1.20 bits per heavy atom. The molecule has 0 aliphatic heterocycles. The molecule has 0 aliphatic carbocycles. The van der Waals surface area contributed by atoms with E-state index in [2.05, 4.69) is 21.2 Å². The third-order valence-corrected chi connectivity index (χ3v) is 4.24. The minimum Gasteiger partial charge on any atom is -0.478 e. The molecule has 3 aromatic rings. The number of hydrogen-bond acceptors (Lipinski definition) is 2. The largest absolute Gasteiger partial charge is 0.478 e. The first kappa shape index (κ1) is 16.9. The van der Waals surface area contributed by atoms with Crippen molar-refractivity contribution >= 4 is 33.5 Å². The summed E-state index contributed by atoms with van der Waals surface area (Å²) in [6, 6.07) is 21.2. The molecule has 25 heavy (non-hydrogen) atoms. The van der Waals surface area contributed by atoms with Crippen LogP contribution in [0.5, 0.6) is 0 Å². The second-order valence-corrected chi connectivity index (χ2v) is 6.34. The van der Waals surface area contributed by atoms with E-state index in [1.54, 1.807) is 36.4 Å². The molecule has 2 N–H and O–H groups in total. The van der Waals surface area contributed by atoms with Crippen molar-refractivity contribution in [1.29, 1.82) is 0 Å². The molecule has 0 atom stereocenters. The summed E-state index contributed by atoms with van der Waals surface area (Å²) in [6.07, 6.45) is 0. The zero-order valence-electron chi connectivity index (χ0n) is 13.1. The Kier molecular flexibility index (Phi) is 4.95. The van der Waals surface area contributed by atoms with Gasteiger partial charge in [0.15, 0.2) is 0 Å². The Hall–Kier alpha value is -2.92. The maximum atomic E-state index is 12.3. The van der Waals surface area contributed by atoms with Crippen LogP contribution in [0, 0.1) is 0 Å². The standard InChI is InChI=1S/C20H14BrNO3/c21-17-9-11-18(12-10-17)22-19(23)15-5-1-13(2-6-15)14-3-7-16(8-4-14)20(24)25/h1-12H,(H,22,23)(H,24,25). The molecule has 1 amide bonds. The molecule has 0 aromatic heterocycles. The van der Waals surface area contributed by atoms with Crippen molar-refractivity contribution in [1.82, 2.24) is 0 Å². The zero-order chi connectivity index (χ0) is 17.8. The molecule has 0 saturated carbocycles. The maximum Gasteiger partial charge on any atom is 0.335 e. The van der Waals surface area contributed by atoms with Crippen molar-refractivity contribution in [3.8, 4) is 11.1 Å². The predicted octanol–water partition coefficient (Wildman–Crippen LogP) is 5.07. The van der Waals surface area contributed by atoms with Gasteiger partial charge >= 0.3 is 5.97 Å². The van der Waals surface area contributed by atoms with E-state index in [1.165, 1.54) is 0 Å². The second kappa shape index (κ2) is 7.32. The molecule has 3 rings (SSSR count). The van der Waals surface area contributed by atoms with Gasteiger partial charge in [0.1, 0.15) is 0 Å². The van der Waals surface area contributed by atoms with Gasteiger partial charge in [0.25, 0.3) is 5.91 Å². The number of rotatable bonds is 4. The minimum absolute atomic E-state index is 0.185. The highest BCUT2D eigenvalue weighted by Gasteiger charge is 2.07. The van der Waals surface area contributed by atoms with E-state index in [4.69, 9.17) is 5.11 Å². The summed E-state index contributed by atoms with van der Waals surface area (Å²) in [7, 11) is 0. The van der Waals surface area contributed by atoms with E-state index in [1.807, 2.05) is 36.4 Å². The van der Waals surface area contributed by atoms with E-state index >= 15 is 0 Å². The third kappa shape index (κ3) is 4.14. The fourth-order valence-electron chi connectivity index (χ4n) is 2.36. The van der Waals surface area contributed by atoms with Crippen LogP contribution in [0.2, 0.25) is 0 Å². The Bertz CT molecular complexity index is 901. The molecular formula is C20H14BrNO3. The topological polar surface area (TPSA) is 66.4 Å². The molecule has 124 valence electrons. The van der Waals surface area contributed by atoms with Crippen molar-refractivity contribution in [2.75, 3.05) is 5.32 Å². The molecule has 5 heteroatoms. The molecule has 0 heterocycles. The maximum absolute atomic E-state index is 12.3. The van der Waals surface area contributed by atoms with E-state index < -0.39 is 5.97 Å². The molecular weight excluding hydrogens is 382 g/mol. The van der Waals surface area contributed by atoms with Crippen LogP contribution in [-0.4, -0.2) is 17.0 Å². The number of hydrogen-bond donors (Lipinski definition) is 2. The van der Waals surface area contributed by atoms with Crippen molar-refractivity contribution in [2.45, 2.75) is 0 Å². The van der Waals surface area contributed by atoms with Crippen molar-refractivity contribution in [2.24, 2.45) is 0 Å². The number of halogens is 1. The molecule has 3 aromatic carbocycles. The molecule has 0 saturated heterocycles. The molecule has 0 bridgehead atoms. The zero-order valence-corrected chi connectivity index (χ0v) is 14.7. The number of amides is 1. The molecule has 0 radical (unpaired) electrons. The fraction of sp³-hybridized carbons (Fsp3) is 0. The Morgan fingerprint density at radius 1 is 0.720 bits per heavy atom. The number of carboxylic acids is 1. The van der Waals surface area contributed by atoms with Gasteiger partial charge in [-0.15, -0.1) is 0 Å². The number of carbonyl (C=O) groups excluding carboxylic acids is 1. The van der Waals surface area contributed by atoms with Crippen LogP contribution in [-0.2, 0) is 0 Å². The molecule has 0 unspecified atom stereocenters. The van der Waals surface area contributed by atoms with Crippen LogP contribution >= 0.6 is 15.9 Å². The van der Waals surface area contributed by atoms with Gasteiger partial charge in [-0.3, -0.25) is 4.79 Å². The summed E-state index contributed by atoms with van der Waals surface area (Å²) < 4.78 is 0.948. The summed E-state index contributed by atoms with van der Waals surface area (Å²) in [4.78, 5) is 23.2. The summed E-state index contributed by atoms with van der Waals surface area (Å²) in [5, 5.41) is 11.8. The first-order chi connectivity index (χ1) is 12.0. The monoisotopic (exact) mass is 395 g/mol. The lowest BCUT2D eigenvalue weighted by molar-refractivity contribution is 0.0696. The average Bonchev–Trinajstić information content (AvgIpc) is 2.64. The third-order valence-electron chi connectivity index (χ3n) is 3.71. The van der Waals surface area contributed by atoms with E-state index in [-0.39, 0.29) is 11.5 Å². The van der Waals surface area contributed by atoms with Crippen LogP contribution in [0.4, 0.5) is 5.69 Å². The molecule has 4 nitrogen and oxygen atoms in total. The number of carboxylic acid groups (broad SMARTS) is 1. The normalized spacial score (nSPS) is 10.3. The Balaban J connectivity index is 1.74. The quantitative estimate of drug-likeness (QED) is 0.648. The second-order valence-electron chi connectivity index (χ2n) is 5.42. The lowest BCUT2D eigenvalue weighted by Gasteiger charge is -2.07. The van der Waals surface area contributed by atoms with Crippen LogP contribution < -0.4 is 5.32 Å². The van der Waals surface area contributed by atoms with Crippen molar-refractivity contribution in [3.05, 3.63) is 88.4 Å². The van der Waals surface area contributed by atoms with Crippen LogP contribution in [0.1, 0.15) is 20.7 Å². The minimum atomic E-state index is -0.952. The van der Waals surface area contributed by atoms with Crippen molar-refractivity contribution in [3.63, 3.8) is 0 Å². The number of carbonyl (C=O) groups is 2. The van der Waals surface area contributed by atoms with Gasteiger partial charge in [-0.25, -0.2) is 4.79 Å². The smallest absolute Gasteiger partial charge is 0.335 e. The van der Waals surface area contributed by atoms with Gasteiger partial charge in [0.05, 0.1) is 5.56 Å². The highest BCUT2D eigenvalue weighted by Crippen LogP contribution is 2.21. The van der Waals surface area contributed by atoms with Gasteiger partial charge in [-0.2, -0.15) is 0 Å². The lowest BCUT2D eigenvalue weighted by atomic mass is 10.0. The number of anilines is 1. The average molecular weight is 396 g/mol. The summed E-state index contributed by atoms with van der Waals surface area (Å²) >= 11 is 3.35.